The number of methoxy groups -OCH3 is 1. The minimum absolute atomic E-state index is 0.214. The zero-order valence-corrected chi connectivity index (χ0v) is 13.9. The molecule has 0 spiro atoms. The lowest BCUT2D eigenvalue weighted by Crippen LogP contribution is -2.32. The molecule has 4 aromatic rings. The average molecular weight is 333 g/mol. The molecule has 0 aliphatic heterocycles. The molecular formula is C21H18FN2O+. The van der Waals surface area contributed by atoms with Gasteiger partial charge in [0, 0.05) is 11.6 Å². The number of ether oxygens (including phenoxy) is 1. The van der Waals surface area contributed by atoms with Crippen molar-refractivity contribution in [1.29, 1.82) is 0 Å². The fraction of sp³-hybridized carbons (Fsp3) is 0.0952. The van der Waals surface area contributed by atoms with Gasteiger partial charge < -0.3 is 4.74 Å². The standard InChI is InChI=1S/C21H18FN2O/c1-25-19-11-7-17(8-12-19)20-15-23(21-4-2-3-13-24(20)21)14-16-5-9-18(22)10-6-16/h2-13,15H,14H2,1H3/q+1. The SMILES string of the molecule is COc1ccc(-c2c[n+](Cc3ccc(F)cc3)c3ccccn23)cc1. The zero-order valence-electron chi connectivity index (χ0n) is 13.9. The normalized spacial score (nSPS) is 11.0. The Balaban J connectivity index is 1.79. The predicted molar refractivity (Wildman–Crippen MR) is 95.1 cm³/mol. The Bertz CT molecular complexity index is 1000. The van der Waals surface area contributed by atoms with E-state index in [2.05, 4.69) is 39.6 Å². The van der Waals surface area contributed by atoms with E-state index in [0.29, 0.717) is 6.54 Å². The Kier molecular flexibility index (Phi) is 3.94. The van der Waals surface area contributed by atoms with Crippen LogP contribution in [0.5, 0.6) is 5.75 Å². The summed E-state index contributed by atoms with van der Waals surface area (Å²) in [5, 5.41) is 0. The maximum atomic E-state index is 13.1. The molecular weight excluding hydrogens is 315 g/mol. The van der Waals surface area contributed by atoms with Crippen molar-refractivity contribution in [3.63, 3.8) is 0 Å². The molecule has 2 heterocycles. The summed E-state index contributed by atoms with van der Waals surface area (Å²) in [4.78, 5) is 0. The molecule has 0 aliphatic carbocycles. The maximum absolute atomic E-state index is 13.1. The van der Waals surface area contributed by atoms with Crippen LogP contribution in [0.1, 0.15) is 5.56 Å². The lowest BCUT2D eigenvalue weighted by molar-refractivity contribution is -0.661. The van der Waals surface area contributed by atoms with Gasteiger partial charge in [0.15, 0.2) is 5.69 Å². The van der Waals surface area contributed by atoms with Gasteiger partial charge in [-0.25, -0.2) is 8.96 Å². The Morgan fingerprint density at radius 1 is 0.960 bits per heavy atom. The van der Waals surface area contributed by atoms with Gasteiger partial charge in [-0.05, 0) is 48.0 Å². The number of halogens is 1. The first kappa shape index (κ1) is 15.4. The van der Waals surface area contributed by atoms with E-state index in [1.54, 1.807) is 7.11 Å². The Labute approximate surface area is 145 Å². The second-order valence-electron chi connectivity index (χ2n) is 5.93. The number of nitrogens with zero attached hydrogens (tertiary/aromatic N) is 2. The first-order valence-corrected chi connectivity index (χ1v) is 8.13. The molecule has 0 N–H and O–H groups in total. The molecule has 0 unspecified atom stereocenters. The fourth-order valence-corrected chi connectivity index (χ4v) is 3.04. The molecule has 25 heavy (non-hydrogen) atoms. The van der Waals surface area contributed by atoms with Gasteiger partial charge in [0.05, 0.1) is 13.3 Å². The second kappa shape index (κ2) is 6.40. The van der Waals surface area contributed by atoms with Crippen LogP contribution in [0.3, 0.4) is 0 Å². The molecule has 0 bridgehead atoms. The van der Waals surface area contributed by atoms with Crippen LogP contribution < -0.4 is 9.30 Å². The summed E-state index contributed by atoms with van der Waals surface area (Å²) < 4.78 is 22.7. The van der Waals surface area contributed by atoms with Gasteiger partial charge in [0.25, 0.3) is 5.65 Å². The summed E-state index contributed by atoms with van der Waals surface area (Å²) in [5.41, 5.74) is 4.35. The van der Waals surface area contributed by atoms with Crippen molar-refractivity contribution in [3.05, 3.63) is 90.5 Å². The Hall–Kier alpha value is -3.14. The van der Waals surface area contributed by atoms with Gasteiger partial charge in [0.2, 0.25) is 0 Å². The van der Waals surface area contributed by atoms with E-state index >= 15 is 0 Å². The summed E-state index contributed by atoms with van der Waals surface area (Å²) in [7, 11) is 1.67. The van der Waals surface area contributed by atoms with Gasteiger partial charge in [0.1, 0.15) is 24.3 Å². The highest BCUT2D eigenvalue weighted by Gasteiger charge is 2.18. The number of fused-ring (bicyclic) bond motifs is 1. The number of pyridine rings is 1. The first-order chi connectivity index (χ1) is 12.2. The van der Waals surface area contributed by atoms with Crippen molar-refractivity contribution in [2.75, 3.05) is 7.11 Å². The lowest BCUT2D eigenvalue weighted by Gasteiger charge is -2.00. The summed E-state index contributed by atoms with van der Waals surface area (Å²) in [6.45, 7) is 0.684. The number of imidazole rings is 1. The largest absolute Gasteiger partial charge is 0.497 e. The maximum Gasteiger partial charge on any atom is 0.286 e. The molecule has 4 rings (SSSR count). The van der Waals surface area contributed by atoms with Crippen LogP contribution in [0.15, 0.2) is 79.1 Å². The van der Waals surface area contributed by atoms with Crippen molar-refractivity contribution < 1.29 is 13.7 Å². The number of aromatic nitrogens is 2. The smallest absolute Gasteiger partial charge is 0.286 e. The van der Waals surface area contributed by atoms with Gasteiger partial charge in [-0.15, -0.1) is 0 Å². The van der Waals surface area contributed by atoms with Crippen LogP contribution in [0.25, 0.3) is 16.9 Å². The van der Waals surface area contributed by atoms with Crippen molar-refractivity contribution in [1.82, 2.24) is 4.40 Å². The van der Waals surface area contributed by atoms with Gasteiger partial charge >= 0.3 is 0 Å². The third-order valence-electron chi connectivity index (χ3n) is 4.32. The van der Waals surface area contributed by atoms with Gasteiger partial charge in [-0.1, -0.05) is 18.2 Å². The van der Waals surface area contributed by atoms with E-state index < -0.39 is 0 Å². The van der Waals surface area contributed by atoms with Gasteiger partial charge in [-0.3, -0.25) is 0 Å². The van der Waals surface area contributed by atoms with Crippen LogP contribution in [-0.4, -0.2) is 11.5 Å². The van der Waals surface area contributed by atoms with Crippen LogP contribution in [0, 0.1) is 5.82 Å². The highest BCUT2D eigenvalue weighted by molar-refractivity contribution is 5.62. The third-order valence-corrected chi connectivity index (χ3v) is 4.32. The highest BCUT2D eigenvalue weighted by Crippen LogP contribution is 2.23. The molecule has 0 saturated heterocycles. The molecule has 0 radical (unpaired) electrons. The molecule has 0 saturated carbocycles. The highest BCUT2D eigenvalue weighted by atomic mass is 19.1. The van der Waals surface area contributed by atoms with E-state index in [1.807, 2.05) is 36.4 Å². The molecule has 0 amide bonds. The first-order valence-electron chi connectivity index (χ1n) is 8.13. The molecule has 0 fully saturated rings. The molecule has 0 aliphatic rings. The molecule has 3 nitrogen and oxygen atoms in total. The summed E-state index contributed by atoms with van der Waals surface area (Å²) >= 11 is 0. The van der Waals surface area contributed by atoms with Crippen LogP contribution in [0.4, 0.5) is 4.39 Å². The van der Waals surface area contributed by atoms with Gasteiger partial charge in [-0.2, -0.15) is 4.40 Å². The Morgan fingerprint density at radius 3 is 2.44 bits per heavy atom. The number of benzene rings is 2. The molecule has 2 aromatic heterocycles. The second-order valence-corrected chi connectivity index (χ2v) is 5.93. The van der Waals surface area contributed by atoms with E-state index in [9.17, 15) is 4.39 Å². The lowest BCUT2D eigenvalue weighted by atomic mass is 10.1. The van der Waals surface area contributed by atoms with Crippen molar-refractivity contribution >= 4 is 5.65 Å². The Morgan fingerprint density at radius 2 is 1.72 bits per heavy atom. The average Bonchev–Trinajstić information content (AvgIpc) is 3.02. The quantitative estimate of drug-likeness (QED) is 0.514. The number of hydrogen-bond acceptors (Lipinski definition) is 1. The van der Waals surface area contributed by atoms with E-state index in [1.165, 1.54) is 12.1 Å². The molecule has 2 aromatic carbocycles. The minimum atomic E-state index is -0.214. The van der Waals surface area contributed by atoms with E-state index in [-0.39, 0.29) is 5.82 Å². The summed E-state index contributed by atoms with van der Waals surface area (Å²) in [6, 6.07) is 20.8. The van der Waals surface area contributed by atoms with Crippen LogP contribution in [0.2, 0.25) is 0 Å². The van der Waals surface area contributed by atoms with Crippen LogP contribution >= 0.6 is 0 Å². The van der Waals surface area contributed by atoms with Crippen molar-refractivity contribution in [2.45, 2.75) is 6.54 Å². The van der Waals surface area contributed by atoms with E-state index in [0.717, 1.165) is 28.2 Å². The van der Waals surface area contributed by atoms with Crippen LogP contribution in [-0.2, 0) is 6.54 Å². The fourth-order valence-electron chi connectivity index (χ4n) is 3.04. The predicted octanol–water partition coefficient (Wildman–Crippen LogP) is 4.09. The number of rotatable bonds is 4. The number of hydrogen-bond donors (Lipinski definition) is 0. The zero-order chi connectivity index (χ0) is 17.2. The minimum Gasteiger partial charge on any atom is -0.497 e. The topological polar surface area (TPSA) is 17.5 Å². The molecule has 4 heteroatoms. The third kappa shape index (κ3) is 2.98. The molecule has 124 valence electrons. The summed E-state index contributed by atoms with van der Waals surface area (Å²) in [6.07, 6.45) is 4.18. The van der Waals surface area contributed by atoms with Crippen molar-refractivity contribution in [2.24, 2.45) is 0 Å². The van der Waals surface area contributed by atoms with E-state index in [4.69, 9.17) is 4.74 Å². The van der Waals surface area contributed by atoms with Crippen molar-refractivity contribution in [3.8, 4) is 17.0 Å². The molecule has 0 atom stereocenters. The summed E-state index contributed by atoms with van der Waals surface area (Å²) in [5.74, 6) is 0.623. The monoisotopic (exact) mass is 333 g/mol.